The number of pyridine rings is 1. The normalized spacial score (nSPS) is 24.1. The van der Waals surface area contributed by atoms with E-state index in [2.05, 4.69) is 12.2 Å². The van der Waals surface area contributed by atoms with Crippen molar-refractivity contribution in [1.82, 2.24) is 9.88 Å². The molecular weight excluding hydrogens is 224 g/mol. The molecule has 1 heterocycles. The van der Waals surface area contributed by atoms with Gasteiger partial charge < -0.3 is 9.88 Å². The number of hydrogen-bond donors (Lipinski definition) is 1. The maximum atomic E-state index is 11.5. The highest BCUT2D eigenvalue weighted by Gasteiger charge is 2.20. The Morgan fingerprint density at radius 1 is 1.33 bits per heavy atom. The Kier molecular flexibility index (Phi) is 5.00. The van der Waals surface area contributed by atoms with Crippen LogP contribution in [0.25, 0.3) is 0 Å². The van der Waals surface area contributed by atoms with E-state index in [9.17, 15) is 4.79 Å². The van der Waals surface area contributed by atoms with E-state index in [0.29, 0.717) is 0 Å². The molecule has 1 aliphatic carbocycles. The molecule has 1 aliphatic rings. The highest BCUT2D eigenvalue weighted by atomic mass is 16.1. The lowest BCUT2D eigenvalue weighted by Crippen LogP contribution is -2.32. The van der Waals surface area contributed by atoms with Gasteiger partial charge in [0.15, 0.2) is 0 Å². The molecule has 0 aromatic carbocycles. The minimum absolute atomic E-state index is 0.0883. The van der Waals surface area contributed by atoms with Gasteiger partial charge in [-0.2, -0.15) is 0 Å². The minimum Gasteiger partial charge on any atom is -0.315 e. The Balaban J connectivity index is 1.70. The average molecular weight is 248 g/mol. The van der Waals surface area contributed by atoms with Crippen molar-refractivity contribution < 1.29 is 0 Å². The molecule has 100 valence electrons. The maximum absolute atomic E-state index is 11.5. The second-order valence-electron chi connectivity index (χ2n) is 5.46. The van der Waals surface area contributed by atoms with E-state index in [0.717, 1.165) is 31.5 Å². The third kappa shape index (κ3) is 3.70. The molecule has 2 rings (SSSR count). The molecule has 0 amide bonds. The Morgan fingerprint density at radius 2 is 2.17 bits per heavy atom. The lowest BCUT2D eigenvalue weighted by Gasteiger charge is -2.28. The van der Waals surface area contributed by atoms with Crippen LogP contribution in [0, 0.1) is 11.8 Å². The van der Waals surface area contributed by atoms with Crippen LogP contribution in [-0.4, -0.2) is 17.7 Å². The largest absolute Gasteiger partial charge is 0.315 e. The summed E-state index contributed by atoms with van der Waals surface area (Å²) >= 11 is 0. The van der Waals surface area contributed by atoms with Crippen LogP contribution in [0.3, 0.4) is 0 Å². The van der Waals surface area contributed by atoms with Crippen LogP contribution in [0.2, 0.25) is 0 Å². The average Bonchev–Trinajstić information content (AvgIpc) is 2.38. The monoisotopic (exact) mass is 248 g/mol. The predicted octanol–water partition coefficient (Wildman–Crippen LogP) is 2.26. The SMILES string of the molecule is CC1CCCCC1CNCCn1ccccc1=O. The van der Waals surface area contributed by atoms with Crippen LogP contribution in [0.4, 0.5) is 0 Å². The van der Waals surface area contributed by atoms with Crippen LogP contribution in [-0.2, 0) is 6.54 Å². The smallest absolute Gasteiger partial charge is 0.250 e. The summed E-state index contributed by atoms with van der Waals surface area (Å²) in [5, 5.41) is 3.50. The zero-order chi connectivity index (χ0) is 12.8. The van der Waals surface area contributed by atoms with Crippen molar-refractivity contribution in [2.24, 2.45) is 11.8 Å². The summed E-state index contributed by atoms with van der Waals surface area (Å²) in [4.78, 5) is 11.5. The van der Waals surface area contributed by atoms with E-state index >= 15 is 0 Å². The van der Waals surface area contributed by atoms with Crippen molar-refractivity contribution in [1.29, 1.82) is 0 Å². The molecule has 1 N–H and O–H groups in total. The van der Waals surface area contributed by atoms with Gasteiger partial charge >= 0.3 is 0 Å². The van der Waals surface area contributed by atoms with Crippen LogP contribution < -0.4 is 10.9 Å². The van der Waals surface area contributed by atoms with Gasteiger partial charge in [0.1, 0.15) is 0 Å². The standard InChI is InChI=1S/C15H24N2O/c1-13-6-2-3-7-14(13)12-16-9-11-17-10-5-4-8-15(17)18/h4-5,8,10,13-14,16H,2-3,6-7,9,11-12H2,1H3. The summed E-state index contributed by atoms with van der Waals surface area (Å²) in [5.74, 6) is 1.68. The van der Waals surface area contributed by atoms with Gasteiger partial charge in [0.25, 0.3) is 5.56 Å². The highest BCUT2D eigenvalue weighted by Crippen LogP contribution is 2.28. The molecule has 2 atom stereocenters. The first kappa shape index (κ1) is 13.3. The molecule has 0 radical (unpaired) electrons. The fourth-order valence-corrected chi connectivity index (χ4v) is 2.83. The van der Waals surface area contributed by atoms with Crippen molar-refractivity contribution >= 4 is 0 Å². The molecule has 3 heteroatoms. The minimum atomic E-state index is 0.0883. The number of nitrogens with zero attached hydrogens (tertiary/aromatic N) is 1. The highest BCUT2D eigenvalue weighted by molar-refractivity contribution is 4.93. The second-order valence-corrected chi connectivity index (χ2v) is 5.46. The van der Waals surface area contributed by atoms with E-state index < -0.39 is 0 Å². The van der Waals surface area contributed by atoms with Crippen molar-refractivity contribution in [2.45, 2.75) is 39.2 Å². The Bertz CT molecular complexity index is 413. The molecule has 1 aromatic rings. The molecule has 0 bridgehead atoms. The van der Waals surface area contributed by atoms with Gasteiger partial charge in [-0.3, -0.25) is 4.79 Å². The van der Waals surface area contributed by atoms with Crippen molar-refractivity contribution in [3.63, 3.8) is 0 Å². The van der Waals surface area contributed by atoms with Crippen molar-refractivity contribution in [3.8, 4) is 0 Å². The Labute approximate surface area is 109 Å². The van der Waals surface area contributed by atoms with Crippen LogP contribution in [0.5, 0.6) is 0 Å². The molecule has 1 aromatic heterocycles. The lowest BCUT2D eigenvalue weighted by atomic mass is 9.80. The predicted molar refractivity (Wildman–Crippen MR) is 74.7 cm³/mol. The maximum Gasteiger partial charge on any atom is 0.250 e. The third-order valence-corrected chi connectivity index (χ3v) is 4.12. The zero-order valence-electron chi connectivity index (χ0n) is 11.3. The first-order valence-electron chi connectivity index (χ1n) is 7.13. The molecule has 1 fully saturated rings. The molecule has 0 aliphatic heterocycles. The molecule has 0 spiro atoms. The zero-order valence-corrected chi connectivity index (χ0v) is 11.3. The molecular formula is C15H24N2O. The van der Waals surface area contributed by atoms with E-state index in [-0.39, 0.29) is 5.56 Å². The van der Waals surface area contributed by atoms with Crippen molar-refractivity contribution in [2.75, 3.05) is 13.1 Å². The van der Waals surface area contributed by atoms with Gasteiger partial charge in [-0.05, 0) is 30.9 Å². The molecule has 2 unspecified atom stereocenters. The summed E-state index contributed by atoms with van der Waals surface area (Å²) < 4.78 is 1.76. The van der Waals surface area contributed by atoms with Crippen LogP contribution >= 0.6 is 0 Å². The van der Waals surface area contributed by atoms with Crippen LogP contribution in [0.15, 0.2) is 29.2 Å². The van der Waals surface area contributed by atoms with Gasteiger partial charge in [0.2, 0.25) is 0 Å². The first-order chi connectivity index (χ1) is 8.77. The summed E-state index contributed by atoms with van der Waals surface area (Å²) in [6.07, 6.45) is 7.38. The topological polar surface area (TPSA) is 34.0 Å². The number of aromatic nitrogens is 1. The van der Waals surface area contributed by atoms with Crippen LogP contribution in [0.1, 0.15) is 32.6 Å². The van der Waals surface area contributed by atoms with E-state index in [4.69, 9.17) is 0 Å². The third-order valence-electron chi connectivity index (χ3n) is 4.12. The number of hydrogen-bond acceptors (Lipinski definition) is 2. The number of nitrogens with one attached hydrogen (secondary N) is 1. The summed E-state index contributed by atoms with van der Waals surface area (Å²) in [7, 11) is 0. The lowest BCUT2D eigenvalue weighted by molar-refractivity contribution is 0.247. The molecule has 1 saturated carbocycles. The van der Waals surface area contributed by atoms with E-state index in [1.54, 1.807) is 16.7 Å². The molecule has 0 saturated heterocycles. The molecule has 3 nitrogen and oxygen atoms in total. The van der Waals surface area contributed by atoms with Gasteiger partial charge in [-0.25, -0.2) is 0 Å². The quantitative estimate of drug-likeness (QED) is 0.811. The number of rotatable bonds is 5. The van der Waals surface area contributed by atoms with E-state index in [1.165, 1.54) is 25.7 Å². The first-order valence-corrected chi connectivity index (χ1v) is 7.13. The fraction of sp³-hybridized carbons (Fsp3) is 0.667. The Morgan fingerprint density at radius 3 is 2.94 bits per heavy atom. The fourth-order valence-electron chi connectivity index (χ4n) is 2.83. The van der Waals surface area contributed by atoms with Gasteiger partial charge in [0, 0.05) is 25.4 Å². The van der Waals surface area contributed by atoms with Crippen molar-refractivity contribution in [3.05, 3.63) is 34.7 Å². The Hall–Kier alpha value is -1.09. The van der Waals surface area contributed by atoms with Gasteiger partial charge in [-0.15, -0.1) is 0 Å². The summed E-state index contributed by atoms with van der Waals surface area (Å²) in [6, 6.07) is 5.31. The summed E-state index contributed by atoms with van der Waals surface area (Å²) in [6.45, 7) is 5.11. The van der Waals surface area contributed by atoms with E-state index in [1.807, 2.05) is 12.3 Å². The molecule has 18 heavy (non-hydrogen) atoms. The second kappa shape index (κ2) is 6.74. The summed E-state index contributed by atoms with van der Waals surface area (Å²) in [5.41, 5.74) is 0.0883. The van der Waals surface area contributed by atoms with Gasteiger partial charge in [0.05, 0.1) is 0 Å². The van der Waals surface area contributed by atoms with Gasteiger partial charge in [-0.1, -0.05) is 32.3 Å².